The molecule has 0 unspecified atom stereocenters. The molecule has 0 atom stereocenters. The zero-order valence-corrected chi connectivity index (χ0v) is 11.4. The van der Waals surface area contributed by atoms with Gasteiger partial charge in [0.05, 0.1) is 0 Å². The predicted octanol–water partition coefficient (Wildman–Crippen LogP) is 2.64. The van der Waals surface area contributed by atoms with E-state index in [2.05, 4.69) is 41.7 Å². The minimum atomic E-state index is -0.128. The van der Waals surface area contributed by atoms with Crippen LogP contribution in [-0.2, 0) is 5.41 Å². The maximum Gasteiger partial charge on any atom is 0.146 e. The van der Waals surface area contributed by atoms with Crippen molar-refractivity contribution in [2.75, 3.05) is 18.0 Å². The minimum Gasteiger partial charge on any atom is -0.356 e. The van der Waals surface area contributed by atoms with E-state index >= 15 is 0 Å². The predicted molar refractivity (Wildman–Crippen MR) is 71.5 cm³/mol. The first-order chi connectivity index (χ1) is 8.50. The van der Waals surface area contributed by atoms with Gasteiger partial charge in [-0.05, 0) is 19.3 Å². The Morgan fingerprint density at radius 1 is 1.17 bits per heavy atom. The molecule has 1 aliphatic heterocycles. The molecule has 4 nitrogen and oxygen atoms in total. The van der Waals surface area contributed by atoms with Gasteiger partial charge in [-0.2, -0.15) is 5.26 Å². The summed E-state index contributed by atoms with van der Waals surface area (Å²) in [6, 6.07) is 3.95. The first-order valence-corrected chi connectivity index (χ1v) is 6.55. The summed E-state index contributed by atoms with van der Waals surface area (Å²) in [5.41, 5.74) is 0.340. The van der Waals surface area contributed by atoms with Gasteiger partial charge in [-0.15, -0.1) is 0 Å². The number of rotatable bonds is 1. The van der Waals surface area contributed by atoms with Crippen LogP contribution in [0.1, 0.15) is 51.6 Å². The largest absolute Gasteiger partial charge is 0.356 e. The van der Waals surface area contributed by atoms with Crippen LogP contribution in [0.5, 0.6) is 0 Å². The molecular formula is C14H20N4. The van der Waals surface area contributed by atoms with E-state index in [9.17, 15) is 0 Å². The first kappa shape index (κ1) is 12.8. The summed E-state index contributed by atoms with van der Waals surface area (Å²) in [6.45, 7) is 8.29. The summed E-state index contributed by atoms with van der Waals surface area (Å²) >= 11 is 0. The van der Waals surface area contributed by atoms with E-state index in [4.69, 9.17) is 5.26 Å². The third-order valence-corrected chi connectivity index (χ3v) is 3.18. The van der Waals surface area contributed by atoms with E-state index in [1.54, 1.807) is 6.07 Å². The topological polar surface area (TPSA) is 52.8 Å². The minimum absolute atomic E-state index is 0.128. The Labute approximate surface area is 109 Å². The lowest BCUT2D eigenvalue weighted by molar-refractivity contribution is 0.534. The average molecular weight is 244 g/mol. The normalized spacial score (nSPS) is 16.4. The quantitative estimate of drug-likeness (QED) is 0.762. The van der Waals surface area contributed by atoms with Crippen molar-refractivity contribution in [2.24, 2.45) is 0 Å². The second-order valence-corrected chi connectivity index (χ2v) is 5.84. The van der Waals surface area contributed by atoms with E-state index in [-0.39, 0.29) is 5.41 Å². The van der Waals surface area contributed by atoms with Crippen molar-refractivity contribution in [3.63, 3.8) is 0 Å². The van der Waals surface area contributed by atoms with Crippen molar-refractivity contribution in [3.05, 3.63) is 17.6 Å². The van der Waals surface area contributed by atoms with Crippen molar-refractivity contribution < 1.29 is 0 Å². The SMILES string of the molecule is CC(C)(C)c1nc(C#N)cc(N2CCCCC2)n1. The molecule has 0 aromatic carbocycles. The van der Waals surface area contributed by atoms with E-state index in [1.807, 2.05) is 0 Å². The van der Waals surface area contributed by atoms with Gasteiger partial charge in [0.1, 0.15) is 23.4 Å². The van der Waals surface area contributed by atoms with Crippen molar-refractivity contribution in [1.29, 1.82) is 5.26 Å². The smallest absolute Gasteiger partial charge is 0.146 e. The second-order valence-electron chi connectivity index (χ2n) is 5.84. The van der Waals surface area contributed by atoms with E-state index in [0.717, 1.165) is 24.7 Å². The zero-order chi connectivity index (χ0) is 13.2. The highest BCUT2D eigenvalue weighted by Crippen LogP contribution is 2.23. The standard InChI is InChI=1S/C14H20N4/c1-14(2,3)13-16-11(10-15)9-12(17-13)18-7-5-4-6-8-18/h9H,4-8H2,1-3H3. The van der Waals surface area contributed by atoms with Crippen molar-refractivity contribution in [2.45, 2.75) is 45.4 Å². The van der Waals surface area contributed by atoms with Crippen molar-refractivity contribution in [1.82, 2.24) is 9.97 Å². The summed E-state index contributed by atoms with van der Waals surface area (Å²) < 4.78 is 0. The van der Waals surface area contributed by atoms with Crippen molar-refractivity contribution in [3.8, 4) is 6.07 Å². The van der Waals surface area contributed by atoms with Crippen LogP contribution in [0.4, 0.5) is 5.82 Å². The Hall–Kier alpha value is -1.63. The Balaban J connectivity index is 2.38. The number of anilines is 1. The lowest BCUT2D eigenvalue weighted by atomic mass is 9.95. The van der Waals surface area contributed by atoms with Gasteiger partial charge in [-0.25, -0.2) is 9.97 Å². The van der Waals surface area contributed by atoms with Crippen LogP contribution in [0.15, 0.2) is 6.07 Å². The molecule has 0 aliphatic carbocycles. The molecule has 1 saturated heterocycles. The van der Waals surface area contributed by atoms with Gasteiger partial charge in [-0.3, -0.25) is 0 Å². The molecule has 1 aromatic heterocycles. The maximum absolute atomic E-state index is 9.09. The maximum atomic E-state index is 9.09. The summed E-state index contributed by atoms with van der Waals surface area (Å²) in [6.07, 6.45) is 3.70. The molecule has 0 radical (unpaired) electrons. The Morgan fingerprint density at radius 2 is 1.83 bits per heavy atom. The van der Waals surface area contributed by atoms with Gasteiger partial charge in [-0.1, -0.05) is 20.8 Å². The molecular weight excluding hydrogens is 224 g/mol. The summed E-state index contributed by atoms with van der Waals surface area (Å²) in [7, 11) is 0. The fourth-order valence-corrected chi connectivity index (χ4v) is 2.11. The highest BCUT2D eigenvalue weighted by molar-refractivity contribution is 5.43. The van der Waals surface area contributed by atoms with E-state index in [1.165, 1.54) is 19.3 Å². The van der Waals surface area contributed by atoms with Crippen molar-refractivity contribution >= 4 is 5.82 Å². The molecule has 0 bridgehead atoms. The molecule has 1 aromatic rings. The fraction of sp³-hybridized carbons (Fsp3) is 0.643. The summed E-state index contributed by atoms with van der Waals surface area (Å²) in [5.74, 6) is 1.66. The van der Waals surface area contributed by atoms with Crippen LogP contribution in [0.25, 0.3) is 0 Å². The molecule has 1 fully saturated rings. The molecule has 18 heavy (non-hydrogen) atoms. The van der Waals surface area contributed by atoms with Crippen LogP contribution >= 0.6 is 0 Å². The summed E-state index contributed by atoms with van der Waals surface area (Å²) in [4.78, 5) is 11.2. The van der Waals surface area contributed by atoms with Gasteiger partial charge in [0.2, 0.25) is 0 Å². The van der Waals surface area contributed by atoms with Crippen LogP contribution < -0.4 is 4.90 Å². The first-order valence-electron chi connectivity index (χ1n) is 6.55. The second kappa shape index (κ2) is 4.93. The molecule has 2 rings (SSSR count). The number of aromatic nitrogens is 2. The van der Waals surface area contributed by atoms with Gasteiger partial charge >= 0.3 is 0 Å². The molecule has 0 saturated carbocycles. The van der Waals surface area contributed by atoms with Gasteiger partial charge in [0, 0.05) is 24.6 Å². The molecule has 0 N–H and O–H groups in total. The summed E-state index contributed by atoms with van der Waals surface area (Å²) in [5, 5.41) is 9.09. The fourth-order valence-electron chi connectivity index (χ4n) is 2.11. The van der Waals surface area contributed by atoms with Crippen LogP contribution in [0.3, 0.4) is 0 Å². The lowest BCUT2D eigenvalue weighted by Gasteiger charge is -2.29. The van der Waals surface area contributed by atoms with Crippen LogP contribution in [0, 0.1) is 11.3 Å². The number of hydrogen-bond acceptors (Lipinski definition) is 4. The van der Waals surface area contributed by atoms with Gasteiger partial charge in [0.15, 0.2) is 0 Å². The number of nitrogens with zero attached hydrogens (tertiary/aromatic N) is 4. The molecule has 2 heterocycles. The van der Waals surface area contributed by atoms with Gasteiger partial charge in [0.25, 0.3) is 0 Å². The molecule has 0 amide bonds. The lowest BCUT2D eigenvalue weighted by Crippen LogP contribution is -2.31. The van der Waals surface area contributed by atoms with Crippen LogP contribution in [-0.4, -0.2) is 23.1 Å². The number of piperidine rings is 1. The molecule has 4 heteroatoms. The van der Waals surface area contributed by atoms with Gasteiger partial charge < -0.3 is 4.90 Å². The number of hydrogen-bond donors (Lipinski definition) is 0. The molecule has 96 valence electrons. The average Bonchev–Trinajstić information content (AvgIpc) is 2.38. The monoisotopic (exact) mass is 244 g/mol. The molecule has 1 aliphatic rings. The van der Waals surface area contributed by atoms with E-state index in [0.29, 0.717) is 5.69 Å². The highest BCUT2D eigenvalue weighted by atomic mass is 15.2. The Morgan fingerprint density at radius 3 is 2.39 bits per heavy atom. The Bertz CT molecular complexity index is 462. The van der Waals surface area contributed by atoms with Crippen LogP contribution in [0.2, 0.25) is 0 Å². The number of nitriles is 1. The Kier molecular flexibility index (Phi) is 3.51. The highest BCUT2D eigenvalue weighted by Gasteiger charge is 2.21. The third-order valence-electron chi connectivity index (χ3n) is 3.18. The molecule has 0 spiro atoms. The third kappa shape index (κ3) is 2.79. The van der Waals surface area contributed by atoms with E-state index < -0.39 is 0 Å². The zero-order valence-electron chi connectivity index (χ0n) is 11.4.